The molecule has 1 aromatic heterocycles. The fourth-order valence-corrected chi connectivity index (χ4v) is 2.54. The van der Waals surface area contributed by atoms with Crippen molar-refractivity contribution in [2.24, 2.45) is 5.10 Å². The van der Waals surface area contributed by atoms with Crippen LogP contribution in [0, 0.1) is 6.92 Å². The Balaban J connectivity index is 1.64. The van der Waals surface area contributed by atoms with E-state index in [-0.39, 0.29) is 5.91 Å². The monoisotopic (exact) mass is 332 g/mol. The molecule has 5 nitrogen and oxygen atoms in total. The number of aromatic nitrogens is 1. The van der Waals surface area contributed by atoms with Crippen LogP contribution in [-0.4, -0.2) is 23.1 Å². The number of carbonyl (C=O) groups excluding carboxylic acids is 1. The third-order valence-electron chi connectivity index (χ3n) is 3.84. The van der Waals surface area contributed by atoms with Crippen LogP contribution in [-0.2, 0) is 4.79 Å². The van der Waals surface area contributed by atoms with Gasteiger partial charge in [0.15, 0.2) is 0 Å². The molecule has 0 aliphatic carbocycles. The Kier molecular flexibility index (Phi) is 5.04. The van der Waals surface area contributed by atoms with Crippen LogP contribution in [0.5, 0.6) is 0 Å². The molecule has 2 aromatic carbocycles. The largest absolute Gasteiger partial charge is 0.373 e. The Bertz CT molecular complexity index is 915. The molecule has 25 heavy (non-hydrogen) atoms. The molecule has 2 N–H and O–H groups in total. The van der Waals surface area contributed by atoms with Crippen molar-refractivity contribution in [1.82, 2.24) is 10.4 Å². The Morgan fingerprint density at radius 3 is 2.68 bits per heavy atom. The second-order valence-electron chi connectivity index (χ2n) is 5.83. The molecule has 5 heteroatoms. The second-order valence-corrected chi connectivity index (χ2v) is 5.83. The summed E-state index contributed by atoms with van der Waals surface area (Å²) in [6.07, 6.45) is 1.54. The molecular weight excluding hydrogens is 312 g/mol. The molecule has 0 saturated heterocycles. The maximum Gasteiger partial charge on any atom is 0.262 e. The molecule has 0 spiro atoms. The minimum absolute atomic E-state index is 0.211. The van der Waals surface area contributed by atoms with Gasteiger partial charge in [0.1, 0.15) is 6.04 Å². The van der Waals surface area contributed by atoms with Gasteiger partial charge in [-0.15, -0.1) is 0 Å². The lowest BCUT2D eigenvalue weighted by molar-refractivity contribution is -0.121. The van der Waals surface area contributed by atoms with E-state index in [2.05, 4.69) is 20.8 Å². The predicted octanol–water partition coefficient (Wildman–Crippen LogP) is 3.49. The minimum atomic E-state index is -0.423. The maximum atomic E-state index is 12.2. The molecule has 0 radical (unpaired) electrons. The van der Waals surface area contributed by atoms with Crippen LogP contribution in [0.25, 0.3) is 10.8 Å². The maximum absolute atomic E-state index is 12.2. The molecule has 0 fully saturated rings. The van der Waals surface area contributed by atoms with Crippen molar-refractivity contribution >= 4 is 28.6 Å². The number of anilines is 1. The minimum Gasteiger partial charge on any atom is -0.373 e. The number of benzene rings is 2. The van der Waals surface area contributed by atoms with Gasteiger partial charge in [-0.2, -0.15) is 5.10 Å². The smallest absolute Gasteiger partial charge is 0.262 e. The lowest BCUT2D eigenvalue weighted by atomic mass is 10.1. The van der Waals surface area contributed by atoms with Crippen LogP contribution in [0.15, 0.2) is 65.8 Å². The highest BCUT2D eigenvalue weighted by Gasteiger charge is 2.12. The number of aryl methyl sites for hydroxylation is 1. The first-order chi connectivity index (χ1) is 12.1. The van der Waals surface area contributed by atoms with E-state index in [1.807, 2.05) is 67.6 Å². The number of amides is 1. The molecule has 0 aliphatic rings. The van der Waals surface area contributed by atoms with Crippen molar-refractivity contribution in [3.63, 3.8) is 0 Å². The Morgan fingerprint density at radius 2 is 1.84 bits per heavy atom. The zero-order chi connectivity index (χ0) is 17.6. The second kappa shape index (κ2) is 7.57. The number of rotatable bonds is 5. The third kappa shape index (κ3) is 4.20. The number of hydrogen-bond acceptors (Lipinski definition) is 4. The molecule has 0 aliphatic heterocycles. The van der Waals surface area contributed by atoms with Crippen molar-refractivity contribution in [3.05, 3.63) is 72.1 Å². The highest BCUT2D eigenvalue weighted by Crippen LogP contribution is 2.23. The van der Waals surface area contributed by atoms with E-state index >= 15 is 0 Å². The van der Waals surface area contributed by atoms with Crippen LogP contribution in [0.1, 0.15) is 18.3 Å². The summed E-state index contributed by atoms with van der Waals surface area (Å²) in [5.74, 6) is -0.211. The van der Waals surface area contributed by atoms with Gasteiger partial charge in [0.2, 0.25) is 0 Å². The first-order valence-electron chi connectivity index (χ1n) is 8.14. The summed E-state index contributed by atoms with van der Waals surface area (Å²) in [5.41, 5.74) is 5.08. The van der Waals surface area contributed by atoms with Gasteiger partial charge in [0.25, 0.3) is 5.91 Å². The van der Waals surface area contributed by atoms with Crippen molar-refractivity contribution < 1.29 is 4.79 Å². The lowest BCUT2D eigenvalue weighted by Gasteiger charge is -2.15. The van der Waals surface area contributed by atoms with E-state index in [4.69, 9.17) is 0 Å². The van der Waals surface area contributed by atoms with Crippen LogP contribution >= 0.6 is 0 Å². The molecule has 0 unspecified atom stereocenters. The molecular formula is C20H20N4O. The van der Waals surface area contributed by atoms with Gasteiger partial charge >= 0.3 is 0 Å². The average molecular weight is 332 g/mol. The molecule has 126 valence electrons. The summed E-state index contributed by atoms with van der Waals surface area (Å²) < 4.78 is 0. The highest BCUT2D eigenvalue weighted by molar-refractivity contribution is 5.96. The Labute approximate surface area is 146 Å². The topological polar surface area (TPSA) is 66.4 Å². The van der Waals surface area contributed by atoms with Gasteiger partial charge in [-0.25, -0.2) is 5.43 Å². The summed E-state index contributed by atoms with van der Waals surface area (Å²) in [7, 11) is 0. The lowest BCUT2D eigenvalue weighted by Crippen LogP contribution is -2.35. The summed E-state index contributed by atoms with van der Waals surface area (Å²) >= 11 is 0. The van der Waals surface area contributed by atoms with Crippen molar-refractivity contribution in [2.45, 2.75) is 19.9 Å². The summed E-state index contributed by atoms with van der Waals surface area (Å²) in [5, 5.41) is 9.43. The molecule has 3 rings (SSSR count). The summed E-state index contributed by atoms with van der Waals surface area (Å²) in [6.45, 7) is 3.71. The number of nitrogens with zero attached hydrogens (tertiary/aromatic N) is 2. The van der Waals surface area contributed by atoms with Crippen molar-refractivity contribution in [1.29, 1.82) is 0 Å². The molecule has 0 saturated carbocycles. The van der Waals surface area contributed by atoms with Crippen LogP contribution in [0.2, 0.25) is 0 Å². The van der Waals surface area contributed by atoms with Crippen molar-refractivity contribution in [3.8, 4) is 0 Å². The molecule has 1 amide bonds. The third-order valence-corrected chi connectivity index (χ3v) is 3.84. The predicted molar refractivity (Wildman–Crippen MR) is 102 cm³/mol. The van der Waals surface area contributed by atoms with Gasteiger partial charge in [-0.1, -0.05) is 42.5 Å². The van der Waals surface area contributed by atoms with E-state index in [1.165, 1.54) is 6.21 Å². The van der Waals surface area contributed by atoms with Gasteiger partial charge < -0.3 is 5.32 Å². The molecule has 1 atom stereocenters. The van der Waals surface area contributed by atoms with Gasteiger partial charge in [0, 0.05) is 16.8 Å². The quantitative estimate of drug-likeness (QED) is 0.555. The summed E-state index contributed by atoms with van der Waals surface area (Å²) in [6, 6.07) is 19.3. The number of hydrogen-bond donors (Lipinski definition) is 2. The van der Waals surface area contributed by atoms with E-state index in [1.54, 1.807) is 6.92 Å². The van der Waals surface area contributed by atoms with E-state index in [0.29, 0.717) is 5.69 Å². The number of carbonyl (C=O) groups is 1. The molecule has 1 heterocycles. The molecule has 3 aromatic rings. The highest BCUT2D eigenvalue weighted by atomic mass is 16.2. The Hall–Kier alpha value is -3.21. The van der Waals surface area contributed by atoms with E-state index in [9.17, 15) is 4.79 Å². The number of nitrogens with one attached hydrogen (secondary N) is 2. The van der Waals surface area contributed by atoms with Gasteiger partial charge in [-0.3, -0.25) is 9.78 Å². The van der Waals surface area contributed by atoms with E-state index < -0.39 is 6.04 Å². The van der Waals surface area contributed by atoms with Crippen LogP contribution in [0.3, 0.4) is 0 Å². The Morgan fingerprint density at radius 1 is 1.08 bits per heavy atom. The molecule has 0 bridgehead atoms. The average Bonchev–Trinajstić information content (AvgIpc) is 2.62. The van der Waals surface area contributed by atoms with Gasteiger partial charge in [-0.05, 0) is 37.4 Å². The van der Waals surface area contributed by atoms with Crippen LogP contribution in [0.4, 0.5) is 5.69 Å². The van der Waals surface area contributed by atoms with Crippen LogP contribution < -0.4 is 10.7 Å². The number of fused-ring (bicyclic) bond motifs is 1. The normalized spacial score (nSPS) is 12.2. The number of pyridine rings is 1. The first kappa shape index (κ1) is 16.6. The fourth-order valence-electron chi connectivity index (χ4n) is 2.54. The zero-order valence-corrected chi connectivity index (χ0v) is 14.2. The zero-order valence-electron chi connectivity index (χ0n) is 14.2. The fraction of sp³-hybridized carbons (Fsp3) is 0.150. The van der Waals surface area contributed by atoms with Gasteiger partial charge in [0.05, 0.1) is 11.9 Å². The first-order valence-corrected chi connectivity index (χ1v) is 8.14. The standard InChI is InChI=1S/C20H20N4O/c1-14-7-5-10-17(22-14)13-21-24-20(25)15(2)23-19-12-6-9-16-8-3-4-11-18(16)19/h3-13,15,23H,1-2H3,(H,24,25)/b21-13-/t15-/m0/s1. The number of hydrazone groups is 1. The summed E-state index contributed by atoms with van der Waals surface area (Å²) in [4.78, 5) is 16.5. The SMILES string of the molecule is Cc1cccc(/C=N\NC(=O)[C@H](C)Nc2cccc3ccccc23)n1. The van der Waals surface area contributed by atoms with Crippen molar-refractivity contribution in [2.75, 3.05) is 5.32 Å². The van der Waals surface area contributed by atoms with E-state index in [0.717, 1.165) is 22.2 Å².